The van der Waals surface area contributed by atoms with E-state index in [0.717, 1.165) is 24.0 Å². The van der Waals surface area contributed by atoms with Gasteiger partial charge in [0, 0.05) is 19.1 Å². The predicted octanol–water partition coefficient (Wildman–Crippen LogP) is 0.739. The highest BCUT2D eigenvalue weighted by Gasteiger charge is 2.35. The van der Waals surface area contributed by atoms with Crippen LogP contribution in [0, 0.1) is 0 Å². The normalized spacial score (nSPS) is 17.1. The third kappa shape index (κ3) is 4.56. The van der Waals surface area contributed by atoms with Crippen molar-refractivity contribution >= 4 is 10.0 Å². The molecule has 0 unspecified atom stereocenters. The fraction of sp³-hybridized carbons (Fsp3) is 0.571. The van der Waals surface area contributed by atoms with Gasteiger partial charge >= 0.3 is 0 Å². The Morgan fingerprint density at radius 2 is 2.05 bits per heavy atom. The molecule has 5 nitrogen and oxygen atoms in total. The number of aliphatic hydroxyl groups is 1. The summed E-state index contributed by atoms with van der Waals surface area (Å²) in [6, 6.07) is 7.75. The molecule has 1 aliphatic carbocycles. The van der Waals surface area contributed by atoms with Crippen molar-refractivity contribution in [3.05, 3.63) is 35.4 Å². The van der Waals surface area contributed by atoms with Crippen molar-refractivity contribution < 1.29 is 13.5 Å². The zero-order valence-electron chi connectivity index (χ0n) is 11.7. The van der Waals surface area contributed by atoms with E-state index in [-0.39, 0.29) is 17.9 Å². The molecule has 1 atom stereocenters. The van der Waals surface area contributed by atoms with Crippen LogP contribution in [-0.2, 0) is 23.2 Å². The van der Waals surface area contributed by atoms with E-state index in [2.05, 4.69) is 10.0 Å². The first-order valence-electron chi connectivity index (χ1n) is 6.92. The smallest absolute Gasteiger partial charge is 0.214 e. The molecular weight excluding hydrogens is 276 g/mol. The average molecular weight is 298 g/mol. The molecule has 0 amide bonds. The van der Waals surface area contributed by atoms with Crippen LogP contribution in [0.4, 0.5) is 0 Å². The van der Waals surface area contributed by atoms with Gasteiger partial charge in [-0.1, -0.05) is 24.3 Å². The fourth-order valence-electron chi connectivity index (χ4n) is 1.94. The number of rotatable bonds is 8. The number of benzene rings is 1. The van der Waals surface area contributed by atoms with E-state index < -0.39 is 10.0 Å². The molecule has 0 radical (unpaired) electrons. The van der Waals surface area contributed by atoms with Crippen molar-refractivity contribution in [3.63, 3.8) is 0 Å². The molecular formula is C14H22N2O3S. The molecule has 2 rings (SSSR count). The first kappa shape index (κ1) is 15.4. The van der Waals surface area contributed by atoms with E-state index in [9.17, 15) is 8.42 Å². The van der Waals surface area contributed by atoms with E-state index in [1.165, 1.54) is 0 Å². The second kappa shape index (κ2) is 6.67. The maximum Gasteiger partial charge on any atom is 0.214 e. The highest BCUT2D eigenvalue weighted by Crippen LogP contribution is 2.27. The maximum absolute atomic E-state index is 11.7. The molecule has 0 aromatic heterocycles. The number of hydrogen-bond acceptors (Lipinski definition) is 4. The lowest BCUT2D eigenvalue weighted by Crippen LogP contribution is -2.39. The van der Waals surface area contributed by atoms with Crippen molar-refractivity contribution in [2.24, 2.45) is 0 Å². The minimum absolute atomic E-state index is 0.0323. The lowest BCUT2D eigenvalue weighted by atomic mass is 10.1. The molecule has 0 aliphatic heterocycles. The molecule has 0 spiro atoms. The predicted molar refractivity (Wildman–Crippen MR) is 78.6 cm³/mol. The first-order chi connectivity index (χ1) is 9.51. The van der Waals surface area contributed by atoms with Gasteiger partial charge in [0.15, 0.2) is 0 Å². The van der Waals surface area contributed by atoms with Gasteiger partial charge in [-0.05, 0) is 30.9 Å². The molecule has 20 heavy (non-hydrogen) atoms. The Morgan fingerprint density at radius 1 is 1.35 bits per heavy atom. The van der Waals surface area contributed by atoms with Crippen LogP contribution in [0.15, 0.2) is 24.3 Å². The number of aliphatic hydroxyl groups excluding tert-OH is 1. The molecule has 6 heteroatoms. The Morgan fingerprint density at radius 3 is 2.70 bits per heavy atom. The highest BCUT2D eigenvalue weighted by atomic mass is 32.2. The monoisotopic (exact) mass is 298 g/mol. The van der Waals surface area contributed by atoms with Gasteiger partial charge in [0.25, 0.3) is 0 Å². The van der Waals surface area contributed by atoms with E-state index in [0.29, 0.717) is 13.1 Å². The quantitative estimate of drug-likeness (QED) is 0.661. The zero-order valence-corrected chi connectivity index (χ0v) is 12.5. The minimum Gasteiger partial charge on any atom is -0.392 e. The molecule has 0 bridgehead atoms. The zero-order chi connectivity index (χ0) is 14.6. The largest absolute Gasteiger partial charge is 0.392 e. The Kier molecular flexibility index (Phi) is 5.15. The standard InChI is InChI=1S/C14H22N2O3S/c1-11(8-16-20(18,19)14-5-6-14)15-9-12-3-2-4-13(7-12)10-17/h2-4,7,11,14-17H,5-6,8-10H2,1H3/t11-/m1/s1. The topological polar surface area (TPSA) is 78.4 Å². The van der Waals surface area contributed by atoms with Gasteiger partial charge in [0.1, 0.15) is 0 Å². The van der Waals surface area contributed by atoms with E-state index in [1.807, 2.05) is 31.2 Å². The molecule has 0 saturated heterocycles. The second-order valence-corrected chi connectivity index (χ2v) is 7.40. The lowest BCUT2D eigenvalue weighted by Gasteiger charge is -2.15. The van der Waals surface area contributed by atoms with Crippen LogP contribution in [0.25, 0.3) is 0 Å². The van der Waals surface area contributed by atoms with Crippen molar-refractivity contribution in [3.8, 4) is 0 Å². The van der Waals surface area contributed by atoms with Crippen LogP contribution in [0.1, 0.15) is 30.9 Å². The minimum atomic E-state index is -3.10. The average Bonchev–Trinajstić information content (AvgIpc) is 3.28. The number of hydrogen-bond donors (Lipinski definition) is 3. The van der Waals surface area contributed by atoms with Gasteiger partial charge in [-0.25, -0.2) is 13.1 Å². The molecule has 1 aliphatic rings. The Bertz CT molecular complexity index is 541. The van der Waals surface area contributed by atoms with Crippen LogP contribution in [0.3, 0.4) is 0 Å². The second-order valence-electron chi connectivity index (χ2n) is 5.35. The van der Waals surface area contributed by atoms with Crippen molar-refractivity contribution in [2.45, 2.75) is 44.2 Å². The summed E-state index contributed by atoms with van der Waals surface area (Å²) >= 11 is 0. The van der Waals surface area contributed by atoms with Crippen LogP contribution < -0.4 is 10.0 Å². The van der Waals surface area contributed by atoms with E-state index in [4.69, 9.17) is 5.11 Å². The van der Waals surface area contributed by atoms with Gasteiger partial charge in [0.05, 0.1) is 11.9 Å². The van der Waals surface area contributed by atoms with Gasteiger partial charge in [-0.3, -0.25) is 0 Å². The summed E-state index contributed by atoms with van der Waals surface area (Å²) in [5.74, 6) is 0. The summed E-state index contributed by atoms with van der Waals surface area (Å²) in [6.07, 6.45) is 1.57. The Labute approximate surface area is 120 Å². The molecule has 1 saturated carbocycles. The highest BCUT2D eigenvalue weighted by molar-refractivity contribution is 7.90. The first-order valence-corrected chi connectivity index (χ1v) is 8.46. The Balaban J connectivity index is 1.75. The lowest BCUT2D eigenvalue weighted by molar-refractivity contribution is 0.281. The molecule has 1 aromatic rings. The van der Waals surface area contributed by atoms with Crippen molar-refractivity contribution in [1.82, 2.24) is 10.0 Å². The summed E-state index contributed by atoms with van der Waals surface area (Å²) in [4.78, 5) is 0. The molecule has 1 aromatic carbocycles. The van der Waals surface area contributed by atoms with Crippen molar-refractivity contribution in [2.75, 3.05) is 6.54 Å². The maximum atomic E-state index is 11.7. The molecule has 3 N–H and O–H groups in total. The van der Waals surface area contributed by atoms with Crippen molar-refractivity contribution in [1.29, 1.82) is 0 Å². The van der Waals surface area contributed by atoms with Gasteiger partial charge < -0.3 is 10.4 Å². The summed E-state index contributed by atoms with van der Waals surface area (Å²) in [5.41, 5.74) is 1.96. The number of nitrogens with one attached hydrogen (secondary N) is 2. The van der Waals surface area contributed by atoms with E-state index >= 15 is 0 Å². The van der Waals surface area contributed by atoms with Crippen LogP contribution in [-0.4, -0.2) is 31.4 Å². The van der Waals surface area contributed by atoms with Gasteiger partial charge in [-0.15, -0.1) is 0 Å². The molecule has 112 valence electrons. The molecule has 0 heterocycles. The summed E-state index contributed by atoms with van der Waals surface area (Å²) in [7, 11) is -3.10. The molecule has 1 fully saturated rings. The van der Waals surface area contributed by atoms with Crippen LogP contribution in [0.2, 0.25) is 0 Å². The number of sulfonamides is 1. The van der Waals surface area contributed by atoms with Gasteiger partial charge in [-0.2, -0.15) is 0 Å². The third-order valence-corrected chi connectivity index (χ3v) is 5.30. The fourth-order valence-corrected chi connectivity index (χ4v) is 3.41. The van der Waals surface area contributed by atoms with Crippen LogP contribution in [0.5, 0.6) is 0 Å². The third-order valence-electron chi connectivity index (χ3n) is 3.38. The van der Waals surface area contributed by atoms with Crippen LogP contribution >= 0.6 is 0 Å². The summed E-state index contributed by atoms with van der Waals surface area (Å²) < 4.78 is 26.0. The summed E-state index contributed by atoms with van der Waals surface area (Å²) in [6.45, 7) is 3.04. The van der Waals surface area contributed by atoms with Gasteiger partial charge in [0.2, 0.25) is 10.0 Å². The SMILES string of the molecule is C[C@H](CNS(=O)(=O)C1CC1)NCc1cccc(CO)c1. The summed E-state index contributed by atoms with van der Waals surface area (Å²) in [5, 5.41) is 12.2. The van der Waals surface area contributed by atoms with E-state index in [1.54, 1.807) is 0 Å². The Hall–Kier alpha value is -0.950.